The SMILES string of the molecule is CC1CN(C(=O)CN(C)C(C)C2CC2)CC(C)O1. The maximum Gasteiger partial charge on any atom is 0.236 e. The van der Waals surface area contributed by atoms with E-state index in [1.807, 2.05) is 18.7 Å². The molecule has 2 fully saturated rings. The van der Waals surface area contributed by atoms with Gasteiger partial charge in [0.1, 0.15) is 0 Å². The Hall–Kier alpha value is -0.610. The number of amides is 1. The van der Waals surface area contributed by atoms with E-state index in [1.165, 1.54) is 12.8 Å². The van der Waals surface area contributed by atoms with Crippen molar-refractivity contribution in [3.63, 3.8) is 0 Å². The molecule has 1 saturated heterocycles. The first kappa shape index (κ1) is 13.8. The minimum absolute atomic E-state index is 0.156. The normalized spacial score (nSPS) is 30.6. The van der Waals surface area contributed by atoms with Crippen molar-refractivity contribution in [3.8, 4) is 0 Å². The van der Waals surface area contributed by atoms with Crippen LogP contribution in [0.5, 0.6) is 0 Å². The molecule has 4 heteroatoms. The number of nitrogens with zero attached hydrogens (tertiary/aromatic N) is 2. The molecule has 3 atom stereocenters. The molecule has 1 heterocycles. The molecular weight excluding hydrogens is 228 g/mol. The van der Waals surface area contributed by atoms with Crippen molar-refractivity contribution in [2.45, 2.75) is 51.9 Å². The fourth-order valence-electron chi connectivity index (χ4n) is 2.78. The summed E-state index contributed by atoms with van der Waals surface area (Å²) in [5.74, 6) is 1.05. The fraction of sp³-hybridized carbons (Fsp3) is 0.929. The maximum absolute atomic E-state index is 12.3. The topological polar surface area (TPSA) is 32.8 Å². The second-order valence-corrected chi connectivity index (χ2v) is 6.05. The zero-order chi connectivity index (χ0) is 13.3. The molecule has 18 heavy (non-hydrogen) atoms. The predicted molar refractivity (Wildman–Crippen MR) is 71.4 cm³/mol. The zero-order valence-electron chi connectivity index (χ0n) is 12.1. The summed E-state index contributed by atoms with van der Waals surface area (Å²) in [4.78, 5) is 16.4. The average Bonchev–Trinajstić information content (AvgIpc) is 3.10. The van der Waals surface area contributed by atoms with Gasteiger partial charge in [-0.05, 0) is 46.6 Å². The Labute approximate surface area is 110 Å². The Bertz CT molecular complexity index is 294. The molecule has 0 bridgehead atoms. The lowest BCUT2D eigenvalue weighted by Crippen LogP contribution is -2.51. The van der Waals surface area contributed by atoms with Gasteiger partial charge in [-0.3, -0.25) is 9.69 Å². The number of carbonyl (C=O) groups is 1. The Kier molecular flexibility index (Phi) is 4.28. The molecule has 3 unspecified atom stereocenters. The minimum Gasteiger partial charge on any atom is -0.372 e. The average molecular weight is 254 g/mol. The van der Waals surface area contributed by atoms with Gasteiger partial charge in [0.05, 0.1) is 18.8 Å². The van der Waals surface area contributed by atoms with E-state index in [1.54, 1.807) is 0 Å². The van der Waals surface area contributed by atoms with Crippen molar-refractivity contribution < 1.29 is 9.53 Å². The molecule has 1 amide bonds. The Morgan fingerprint density at radius 2 is 1.89 bits per heavy atom. The van der Waals surface area contributed by atoms with Crippen LogP contribution in [-0.2, 0) is 9.53 Å². The monoisotopic (exact) mass is 254 g/mol. The number of ether oxygens (including phenoxy) is 1. The summed E-state index contributed by atoms with van der Waals surface area (Å²) in [6, 6.07) is 0.532. The highest BCUT2D eigenvalue weighted by Crippen LogP contribution is 2.34. The van der Waals surface area contributed by atoms with E-state index < -0.39 is 0 Å². The molecule has 1 aliphatic carbocycles. The van der Waals surface area contributed by atoms with Crippen molar-refractivity contribution in [1.82, 2.24) is 9.80 Å². The van der Waals surface area contributed by atoms with Crippen LogP contribution in [0.25, 0.3) is 0 Å². The van der Waals surface area contributed by atoms with Crippen LogP contribution in [0.2, 0.25) is 0 Å². The highest BCUT2D eigenvalue weighted by Gasteiger charge is 2.32. The number of hydrogen-bond acceptors (Lipinski definition) is 3. The number of likely N-dealkylation sites (N-methyl/N-ethyl adjacent to an activating group) is 1. The molecule has 4 nitrogen and oxygen atoms in total. The largest absolute Gasteiger partial charge is 0.372 e. The van der Waals surface area contributed by atoms with Gasteiger partial charge in [-0.25, -0.2) is 0 Å². The van der Waals surface area contributed by atoms with E-state index in [0.29, 0.717) is 12.6 Å². The Balaban J connectivity index is 1.82. The number of carbonyl (C=O) groups excluding carboxylic acids is 1. The van der Waals surface area contributed by atoms with Gasteiger partial charge in [-0.15, -0.1) is 0 Å². The van der Waals surface area contributed by atoms with Gasteiger partial charge in [0.25, 0.3) is 0 Å². The lowest BCUT2D eigenvalue weighted by Gasteiger charge is -2.36. The molecule has 0 aromatic rings. The summed E-state index contributed by atoms with van der Waals surface area (Å²) in [6.45, 7) is 8.30. The van der Waals surface area contributed by atoms with Crippen LogP contribution in [-0.4, -0.2) is 60.6 Å². The van der Waals surface area contributed by atoms with Gasteiger partial charge in [0, 0.05) is 19.1 Å². The standard InChI is InChI=1S/C14H26N2O2/c1-10-7-16(8-11(2)18-10)14(17)9-15(4)12(3)13-5-6-13/h10-13H,5-9H2,1-4H3. The van der Waals surface area contributed by atoms with E-state index in [-0.39, 0.29) is 18.1 Å². The molecule has 1 saturated carbocycles. The molecule has 0 aromatic carbocycles. The minimum atomic E-state index is 0.156. The fourth-order valence-corrected chi connectivity index (χ4v) is 2.78. The van der Waals surface area contributed by atoms with Crippen molar-refractivity contribution in [3.05, 3.63) is 0 Å². The van der Waals surface area contributed by atoms with Crippen molar-refractivity contribution >= 4 is 5.91 Å². The first-order valence-corrected chi connectivity index (χ1v) is 7.11. The molecule has 0 radical (unpaired) electrons. The summed E-state index contributed by atoms with van der Waals surface area (Å²) in [7, 11) is 2.06. The van der Waals surface area contributed by atoms with Gasteiger partial charge >= 0.3 is 0 Å². The first-order valence-electron chi connectivity index (χ1n) is 7.11. The molecule has 0 N–H and O–H groups in total. The van der Waals surface area contributed by atoms with Crippen molar-refractivity contribution in [2.75, 3.05) is 26.7 Å². The molecule has 0 aromatic heterocycles. The molecule has 104 valence electrons. The molecule has 0 spiro atoms. The summed E-state index contributed by atoms with van der Waals surface area (Å²) in [5, 5.41) is 0. The quantitative estimate of drug-likeness (QED) is 0.759. The Morgan fingerprint density at radius 3 is 2.39 bits per heavy atom. The molecule has 2 rings (SSSR count). The van der Waals surface area contributed by atoms with Gasteiger partial charge in [0.15, 0.2) is 0 Å². The predicted octanol–water partition coefficient (Wildman–Crippen LogP) is 1.35. The Morgan fingerprint density at radius 1 is 1.33 bits per heavy atom. The molecule has 2 aliphatic rings. The van der Waals surface area contributed by atoms with Crippen molar-refractivity contribution in [1.29, 1.82) is 0 Å². The number of hydrogen-bond donors (Lipinski definition) is 0. The van der Waals surface area contributed by atoms with Crippen LogP contribution in [0.4, 0.5) is 0 Å². The van der Waals surface area contributed by atoms with Crippen LogP contribution in [0, 0.1) is 5.92 Å². The molecule has 1 aliphatic heterocycles. The second kappa shape index (κ2) is 5.57. The van der Waals surface area contributed by atoms with Crippen LogP contribution in [0.15, 0.2) is 0 Å². The summed E-state index contributed by atoms with van der Waals surface area (Å²) < 4.78 is 5.66. The zero-order valence-corrected chi connectivity index (χ0v) is 12.1. The summed E-state index contributed by atoms with van der Waals surface area (Å²) in [5.41, 5.74) is 0. The highest BCUT2D eigenvalue weighted by atomic mass is 16.5. The van der Waals surface area contributed by atoms with Gasteiger partial charge < -0.3 is 9.64 Å². The van der Waals surface area contributed by atoms with E-state index in [0.717, 1.165) is 19.0 Å². The summed E-state index contributed by atoms with van der Waals surface area (Å²) >= 11 is 0. The number of rotatable bonds is 4. The third kappa shape index (κ3) is 3.45. The van der Waals surface area contributed by atoms with E-state index in [4.69, 9.17) is 4.74 Å². The van der Waals surface area contributed by atoms with Crippen LogP contribution in [0.1, 0.15) is 33.6 Å². The first-order chi connectivity index (χ1) is 8.47. The third-order valence-corrected chi connectivity index (χ3v) is 4.16. The smallest absolute Gasteiger partial charge is 0.236 e. The molecular formula is C14H26N2O2. The van der Waals surface area contributed by atoms with Crippen LogP contribution < -0.4 is 0 Å². The summed E-state index contributed by atoms with van der Waals surface area (Å²) in [6.07, 6.45) is 2.96. The van der Waals surface area contributed by atoms with E-state index >= 15 is 0 Å². The van der Waals surface area contributed by atoms with Crippen LogP contribution >= 0.6 is 0 Å². The third-order valence-electron chi connectivity index (χ3n) is 4.16. The number of morpholine rings is 1. The maximum atomic E-state index is 12.3. The second-order valence-electron chi connectivity index (χ2n) is 6.05. The van der Waals surface area contributed by atoms with Gasteiger partial charge in [-0.2, -0.15) is 0 Å². The van der Waals surface area contributed by atoms with E-state index in [2.05, 4.69) is 18.9 Å². The van der Waals surface area contributed by atoms with Gasteiger partial charge in [-0.1, -0.05) is 0 Å². The van der Waals surface area contributed by atoms with E-state index in [9.17, 15) is 4.79 Å². The van der Waals surface area contributed by atoms with Gasteiger partial charge in [0.2, 0.25) is 5.91 Å². The lowest BCUT2D eigenvalue weighted by atomic mass is 10.2. The van der Waals surface area contributed by atoms with Crippen molar-refractivity contribution in [2.24, 2.45) is 5.92 Å². The lowest BCUT2D eigenvalue weighted by molar-refractivity contribution is -0.144. The van der Waals surface area contributed by atoms with Crippen LogP contribution in [0.3, 0.4) is 0 Å². The highest BCUT2D eigenvalue weighted by molar-refractivity contribution is 5.78.